The molecule has 6 rings (SSSR count). The van der Waals surface area contributed by atoms with Crippen molar-refractivity contribution in [2.75, 3.05) is 55.4 Å². The number of fused-ring (bicyclic) bond motifs is 2. The number of aryl methyl sites for hydroxylation is 1. The number of ether oxygens (including phenoxy) is 2. The van der Waals surface area contributed by atoms with E-state index in [1.807, 2.05) is 0 Å². The molecule has 206 valence electrons. The smallest absolute Gasteiger partial charge is 0.227 e. The van der Waals surface area contributed by atoms with E-state index in [0.29, 0.717) is 17.8 Å². The fourth-order valence-corrected chi connectivity index (χ4v) is 7.45. The van der Waals surface area contributed by atoms with E-state index in [1.165, 1.54) is 11.1 Å². The number of anilines is 2. The van der Waals surface area contributed by atoms with Gasteiger partial charge in [0.25, 0.3) is 0 Å². The van der Waals surface area contributed by atoms with Crippen LogP contribution in [0.3, 0.4) is 0 Å². The molecular weight excluding hydrogens is 498 g/mol. The molecule has 0 radical (unpaired) electrons. The number of benzene rings is 1. The fraction of sp³-hybridized carbons (Fsp3) is 0.655. The Morgan fingerprint density at radius 3 is 2.53 bits per heavy atom. The summed E-state index contributed by atoms with van der Waals surface area (Å²) in [6.07, 6.45) is 6.93. The largest absolute Gasteiger partial charge is 0.490 e. The number of hydrogen-bond donors (Lipinski definition) is 1. The fourth-order valence-electron chi connectivity index (χ4n) is 6.13. The minimum absolute atomic E-state index is 0.198. The van der Waals surface area contributed by atoms with Crippen molar-refractivity contribution >= 4 is 22.6 Å². The van der Waals surface area contributed by atoms with E-state index in [0.717, 1.165) is 112 Å². The highest BCUT2D eigenvalue weighted by Gasteiger charge is 2.30. The Hall–Kier alpha value is -2.23. The number of rotatable bonds is 6. The van der Waals surface area contributed by atoms with Crippen LogP contribution >= 0.6 is 0 Å². The molecule has 8 nitrogen and oxygen atoms in total. The van der Waals surface area contributed by atoms with Crippen LogP contribution in [0.2, 0.25) is 0 Å². The van der Waals surface area contributed by atoms with Gasteiger partial charge in [0.1, 0.15) is 22.6 Å². The minimum Gasteiger partial charge on any atom is -0.490 e. The van der Waals surface area contributed by atoms with Gasteiger partial charge in [0, 0.05) is 76.5 Å². The Labute approximate surface area is 229 Å². The standard InChI is InChI=1S/C29H41N5O3S/c1-20(2)33-12-5-21-3-4-25(19-22(21)6-13-33)37-24-7-14-34(15-8-24)29-31-26-11-18-38(35)27(26)28(32-29)30-23-9-16-36-17-10-23/h3-4,19-20,23-24H,5-18H2,1-2H3,(H,30,31,32). The second kappa shape index (κ2) is 11.5. The molecule has 38 heavy (non-hydrogen) atoms. The van der Waals surface area contributed by atoms with Gasteiger partial charge >= 0.3 is 0 Å². The number of nitrogens with one attached hydrogen (secondary N) is 1. The molecule has 0 bridgehead atoms. The maximum atomic E-state index is 12.7. The summed E-state index contributed by atoms with van der Waals surface area (Å²) >= 11 is 0. The topological polar surface area (TPSA) is 79.8 Å². The van der Waals surface area contributed by atoms with Gasteiger partial charge in [-0.3, -0.25) is 4.21 Å². The molecule has 0 aliphatic carbocycles. The number of hydrogen-bond acceptors (Lipinski definition) is 8. The summed E-state index contributed by atoms with van der Waals surface area (Å²) in [6.45, 7) is 10.1. The maximum Gasteiger partial charge on any atom is 0.227 e. The Balaban J connectivity index is 1.10. The van der Waals surface area contributed by atoms with Gasteiger partial charge in [-0.2, -0.15) is 4.98 Å². The molecule has 1 aromatic carbocycles. The molecule has 4 aliphatic heterocycles. The van der Waals surface area contributed by atoms with Crippen molar-refractivity contribution in [3.63, 3.8) is 0 Å². The van der Waals surface area contributed by atoms with Gasteiger partial charge in [0.05, 0.1) is 16.5 Å². The van der Waals surface area contributed by atoms with Gasteiger partial charge in [0.2, 0.25) is 5.95 Å². The monoisotopic (exact) mass is 539 g/mol. The zero-order valence-corrected chi connectivity index (χ0v) is 23.6. The molecule has 5 heterocycles. The average molecular weight is 540 g/mol. The average Bonchev–Trinajstić information content (AvgIpc) is 3.17. The second-order valence-electron chi connectivity index (χ2n) is 11.3. The first-order valence-electron chi connectivity index (χ1n) is 14.4. The summed E-state index contributed by atoms with van der Waals surface area (Å²) in [5.41, 5.74) is 3.86. The summed E-state index contributed by atoms with van der Waals surface area (Å²) in [4.78, 5) is 15.5. The lowest BCUT2D eigenvalue weighted by molar-refractivity contribution is 0.0903. The molecule has 1 unspecified atom stereocenters. The Morgan fingerprint density at radius 2 is 1.76 bits per heavy atom. The van der Waals surface area contributed by atoms with Crippen molar-refractivity contribution in [1.82, 2.24) is 14.9 Å². The zero-order valence-electron chi connectivity index (χ0n) is 22.8. The van der Waals surface area contributed by atoms with Crippen molar-refractivity contribution < 1.29 is 13.7 Å². The van der Waals surface area contributed by atoms with Crippen molar-refractivity contribution in [3.8, 4) is 5.75 Å². The molecule has 9 heteroatoms. The molecule has 1 N–H and O–H groups in total. The van der Waals surface area contributed by atoms with Crippen LogP contribution in [-0.2, 0) is 34.8 Å². The van der Waals surface area contributed by atoms with Crippen LogP contribution in [0.4, 0.5) is 11.8 Å². The van der Waals surface area contributed by atoms with Gasteiger partial charge < -0.3 is 24.6 Å². The highest BCUT2D eigenvalue weighted by molar-refractivity contribution is 7.85. The van der Waals surface area contributed by atoms with E-state index in [9.17, 15) is 4.21 Å². The van der Waals surface area contributed by atoms with Gasteiger partial charge in [-0.15, -0.1) is 0 Å². The molecule has 2 fully saturated rings. The summed E-state index contributed by atoms with van der Waals surface area (Å²) in [5.74, 6) is 3.17. The van der Waals surface area contributed by atoms with Crippen LogP contribution in [0.15, 0.2) is 23.1 Å². The van der Waals surface area contributed by atoms with Gasteiger partial charge in [-0.1, -0.05) is 6.07 Å². The molecule has 2 saturated heterocycles. The Bertz CT molecular complexity index is 1160. The third-order valence-corrected chi connectivity index (χ3v) is 9.97. The summed E-state index contributed by atoms with van der Waals surface area (Å²) in [5, 5.41) is 3.59. The molecule has 0 saturated carbocycles. The predicted molar refractivity (Wildman–Crippen MR) is 151 cm³/mol. The lowest BCUT2D eigenvalue weighted by Gasteiger charge is -2.33. The van der Waals surface area contributed by atoms with Gasteiger partial charge in [-0.25, -0.2) is 4.98 Å². The van der Waals surface area contributed by atoms with E-state index in [4.69, 9.17) is 19.4 Å². The van der Waals surface area contributed by atoms with Crippen LogP contribution in [0, 0.1) is 0 Å². The van der Waals surface area contributed by atoms with Crippen LogP contribution < -0.4 is 15.0 Å². The normalized spacial score (nSPS) is 23.2. The molecule has 0 amide bonds. The molecule has 0 spiro atoms. The van der Waals surface area contributed by atoms with Crippen LogP contribution in [0.5, 0.6) is 5.75 Å². The van der Waals surface area contributed by atoms with Crippen LogP contribution in [0.25, 0.3) is 0 Å². The molecule has 2 aromatic rings. The Kier molecular flexibility index (Phi) is 7.86. The van der Waals surface area contributed by atoms with Gasteiger partial charge in [-0.05, 0) is 62.8 Å². The second-order valence-corrected chi connectivity index (χ2v) is 12.9. The lowest BCUT2D eigenvalue weighted by Crippen LogP contribution is -2.39. The predicted octanol–water partition coefficient (Wildman–Crippen LogP) is 3.59. The van der Waals surface area contributed by atoms with Crippen LogP contribution in [0.1, 0.15) is 56.4 Å². The van der Waals surface area contributed by atoms with E-state index < -0.39 is 10.8 Å². The number of nitrogens with zero attached hydrogens (tertiary/aromatic N) is 4. The zero-order chi connectivity index (χ0) is 26.1. The first kappa shape index (κ1) is 26.0. The molecule has 4 aliphatic rings. The highest BCUT2D eigenvalue weighted by atomic mass is 32.2. The highest BCUT2D eigenvalue weighted by Crippen LogP contribution is 2.32. The molecule has 1 aromatic heterocycles. The van der Waals surface area contributed by atoms with E-state index in [2.05, 4.69) is 47.2 Å². The SMILES string of the molecule is CC(C)N1CCc2ccc(OC3CCN(c4nc5c(c(NC6CCOCC6)n4)S(=O)CC5)CC3)cc2CC1. The number of aromatic nitrogens is 2. The van der Waals surface area contributed by atoms with Crippen molar-refractivity contribution in [2.45, 2.75) is 81.9 Å². The Morgan fingerprint density at radius 1 is 1.00 bits per heavy atom. The first-order chi connectivity index (χ1) is 18.5. The lowest BCUT2D eigenvalue weighted by atomic mass is 10.0. The maximum absolute atomic E-state index is 12.7. The van der Waals surface area contributed by atoms with Crippen molar-refractivity contribution in [3.05, 3.63) is 35.0 Å². The van der Waals surface area contributed by atoms with Gasteiger partial charge in [0.15, 0.2) is 0 Å². The summed E-state index contributed by atoms with van der Waals surface area (Å²) in [6, 6.07) is 7.62. The van der Waals surface area contributed by atoms with Crippen LogP contribution in [-0.4, -0.2) is 82.4 Å². The number of piperidine rings is 1. The minimum atomic E-state index is -1.02. The van der Waals surface area contributed by atoms with E-state index >= 15 is 0 Å². The van der Waals surface area contributed by atoms with E-state index in [1.54, 1.807) is 0 Å². The quantitative estimate of drug-likeness (QED) is 0.597. The summed E-state index contributed by atoms with van der Waals surface area (Å²) in [7, 11) is -1.02. The summed E-state index contributed by atoms with van der Waals surface area (Å²) < 4.78 is 24.7. The molecular formula is C29H41N5O3S. The van der Waals surface area contributed by atoms with Crippen molar-refractivity contribution in [1.29, 1.82) is 0 Å². The first-order valence-corrected chi connectivity index (χ1v) is 15.8. The molecule has 1 atom stereocenters. The third kappa shape index (κ3) is 5.70. The van der Waals surface area contributed by atoms with E-state index in [-0.39, 0.29) is 6.10 Å². The van der Waals surface area contributed by atoms with Crippen molar-refractivity contribution in [2.24, 2.45) is 0 Å². The third-order valence-electron chi connectivity index (χ3n) is 8.51.